The Hall–Kier alpha value is -1.67. The summed E-state index contributed by atoms with van der Waals surface area (Å²) in [5, 5.41) is 7.39. The Balaban J connectivity index is 0.995. The number of carbonyl (C=O) groups is 1. The molecule has 1 aromatic rings. The highest BCUT2D eigenvalue weighted by atomic mass is 16.5. The van der Waals surface area contributed by atoms with Crippen molar-refractivity contribution in [3.8, 4) is 0 Å². The predicted molar refractivity (Wildman–Crippen MR) is 99.7 cm³/mol. The lowest BCUT2D eigenvalue weighted by Gasteiger charge is -2.49. The van der Waals surface area contributed by atoms with Gasteiger partial charge in [-0.05, 0) is 37.5 Å². The van der Waals surface area contributed by atoms with E-state index in [1.54, 1.807) is 0 Å². The van der Waals surface area contributed by atoms with Gasteiger partial charge in [0, 0.05) is 44.2 Å². The number of rotatable bonds is 4. The lowest BCUT2D eigenvalue weighted by Crippen LogP contribution is -2.66. The Bertz CT molecular complexity index is 744. The third-order valence-corrected chi connectivity index (χ3v) is 7.54. The quantitative estimate of drug-likeness (QED) is 0.850. The molecule has 28 heavy (non-hydrogen) atoms. The summed E-state index contributed by atoms with van der Waals surface area (Å²) >= 11 is 0. The van der Waals surface area contributed by atoms with Crippen molar-refractivity contribution in [2.45, 2.75) is 62.6 Å². The van der Waals surface area contributed by atoms with Gasteiger partial charge in [-0.1, -0.05) is 18.0 Å². The number of ether oxygens (including phenoxy) is 1. The molecule has 0 radical (unpaired) electrons. The van der Waals surface area contributed by atoms with Crippen molar-refractivity contribution < 1.29 is 14.1 Å². The molecule has 0 aromatic carbocycles. The molecule has 6 rings (SSSR count). The first-order valence-electron chi connectivity index (χ1n) is 11.0. The molecule has 5 fully saturated rings. The van der Waals surface area contributed by atoms with Gasteiger partial charge in [0.2, 0.25) is 0 Å². The number of aromatic nitrogens is 2. The minimum absolute atomic E-state index is 0.127. The van der Waals surface area contributed by atoms with E-state index in [2.05, 4.69) is 20.4 Å². The lowest BCUT2D eigenvalue weighted by atomic mass is 9.71. The molecule has 2 saturated heterocycles. The zero-order valence-corrected chi connectivity index (χ0v) is 16.3. The van der Waals surface area contributed by atoms with Crippen molar-refractivity contribution in [2.75, 3.05) is 32.8 Å². The van der Waals surface area contributed by atoms with E-state index >= 15 is 0 Å². The highest BCUT2D eigenvalue weighted by molar-refractivity contribution is 5.75. The second-order valence-electron chi connectivity index (χ2n) is 9.32. The standard InChI is InChI=1S/C20H29N5O3/c26-20(21-16-8-13-2-1-3-15(13)16)25-9-14(10-25)24-6-7-27-17(11-24)19-22-18(23-28-19)12-4-5-12/h12-17H,1-11H2,(H,21,26). The van der Waals surface area contributed by atoms with Crippen LogP contribution in [0.25, 0.3) is 0 Å². The van der Waals surface area contributed by atoms with Crippen LogP contribution in [0.3, 0.4) is 0 Å². The number of urea groups is 1. The fraction of sp³-hybridized carbons (Fsp3) is 0.850. The molecule has 3 heterocycles. The number of nitrogens with one attached hydrogen (secondary N) is 1. The molecule has 1 N–H and O–H groups in total. The third-order valence-electron chi connectivity index (χ3n) is 7.54. The third kappa shape index (κ3) is 3.01. The summed E-state index contributed by atoms with van der Waals surface area (Å²) in [6.45, 7) is 3.93. The summed E-state index contributed by atoms with van der Waals surface area (Å²) in [7, 11) is 0. The zero-order valence-electron chi connectivity index (χ0n) is 16.3. The van der Waals surface area contributed by atoms with Crippen molar-refractivity contribution >= 4 is 6.03 Å². The predicted octanol–water partition coefficient (Wildman–Crippen LogP) is 1.90. The molecule has 8 heteroatoms. The Morgan fingerprint density at radius 2 is 2.04 bits per heavy atom. The van der Waals surface area contributed by atoms with E-state index in [4.69, 9.17) is 9.26 Å². The summed E-state index contributed by atoms with van der Waals surface area (Å²) in [5.74, 6) is 3.56. The van der Waals surface area contributed by atoms with Gasteiger partial charge < -0.3 is 19.5 Å². The van der Waals surface area contributed by atoms with E-state index < -0.39 is 0 Å². The average molecular weight is 387 g/mol. The number of hydrogen-bond donors (Lipinski definition) is 1. The molecule has 2 aliphatic heterocycles. The normalized spacial score (nSPS) is 35.9. The number of fused-ring (bicyclic) bond motifs is 1. The van der Waals surface area contributed by atoms with Gasteiger partial charge in [0.1, 0.15) is 6.10 Å². The molecule has 152 valence electrons. The van der Waals surface area contributed by atoms with Gasteiger partial charge in [0.15, 0.2) is 5.82 Å². The molecule has 4 unspecified atom stereocenters. The molecule has 0 spiro atoms. The van der Waals surface area contributed by atoms with Crippen molar-refractivity contribution in [1.82, 2.24) is 25.3 Å². The Morgan fingerprint density at radius 1 is 1.14 bits per heavy atom. The van der Waals surface area contributed by atoms with Crippen LogP contribution in [-0.2, 0) is 4.74 Å². The van der Waals surface area contributed by atoms with E-state index in [1.807, 2.05) is 4.90 Å². The summed E-state index contributed by atoms with van der Waals surface area (Å²) < 4.78 is 11.3. The van der Waals surface area contributed by atoms with Gasteiger partial charge in [0.25, 0.3) is 5.89 Å². The van der Waals surface area contributed by atoms with Crippen LogP contribution >= 0.6 is 0 Å². The summed E-state index contributed by atoms with van der Waals surface area (Å²) in [5.41, 5.74) is 0. The van der Waals surface area contributed by atoms with E-state index in [0.717, 1.165) is 43.8 Å². The fourth-order valence-corrected chi connectivity index (χ4v) is 5.50. The molecule has 3 aliphatic carbocycles. The van der Waals surface area contributed by atoms with Crippen LogP contribution in [-0.4, -0.2) is 70.8 Å². The number of likely N-dealkylation sites (tertiary alicyclic amines) is 1. The van der Waals surface area contributed by atoms with Gasteiger partial charge in [-0.2, -0.15) is 4.98 Å². The van der Waals surface area contributed by atoms with Crippen LogP contribution in [0.5, 0.6) is 0 Å². The van der Waals surface area contributed by atoms with Gasteiger partial charge in [0.05, 0.1) is 6.61 Å². The lowest BCUT2D eigenvalue weighted by molar-refractivity contribution is -0.0772. The molecule has 1 aromatic heterocycles. The van der Waals surface area contributed by atoms with Crippen molar-refractivity contribution in [2.24, 2.45) is 11.8 Å². The molecule has 5 aliphatic rings. The van der Waals surface area contributed by atoms with E-state index in [-0.39, 0.29) is 12.1 Å². The van der Waals surface area contributed by atoms with Gasteiger partial charge in [-0.3, -0.25) is 4.90 Å². The second-order valence-corrected chi connectivity index (χ2v) is 9.32. The van der Waals surface area contributed by atoms with Crippen molar-refractivity contribution in [3.05, 3.63) is 11.7 Å². The number of nitrogens with zero attached hydrogens (tertiary/aromatic N) is 4. The average Bonchev–Trinajstić information content (AvgIpc) is 3.26. The highest BCUT2D eigenvalue weighted by Crippen LogP contribution is 2.47. The first-order valence-corrected chi connectivity index (χ1v) is 11.0. The van der Waals surface area contributed by atoms with E-state index in [9.17, 15) is 4.79 Å². The van der Waals surface area contributed by atoms with Gasteiger partial charge in [-0.25, -0.2) is 4.79 Å². The Kier molecular flexibility index (Phi) is 4.11. The fourth-order valence-electron chi connectivity index (χ4n) is 5.50. The maximum Gasteiger partial charge on any atom is 0.317 e. The number of hydrogen-bond acceptors (Lipinski definition) is 6. The molecular weight excluding hydrogens is 358 g/mol. The van der Waals surface area contributed by atoms with Gasteiger partial charge >= 0.3 is 6.03 Å². The van der Waals surface area contributed by atoms with Crippen LogP contribution < -0.4 is 5.32 Å². The number of morpholine rings is 1. The smallest absolute Gasteiger partial charge is 0.317 e. The molecule has 2 amide bonds. The maximum absolute atomic E-state index is 12.5. The van der Waals surface area contributed by atoms with E-state index in [1.165, 1.54) is 38.5 Å². The van der Waals surface area contributed by atoms with Gasteiger partial charge in [-0.15, -0.1) is 0 Å². The molecular formula is C20H29N5O3. The second kappa shape index (κ2) is 6.69. The molecule has 0 bridgehead atoms. The Labute approximate surface area is 165 Å². The van der Waals surface area contributed by atoms with Crippen LogP contribution in [0.15, 0.2) is 4.52 Å². The number of amides is 2. The first-order chi connectivity index (χ1) is 13.7. The minimum Gasteiger partial charge on any atom is -0.366 e. The summed E-state index contributed by atoms with van der Waals surface area (Å²) in [6.07, 6.45) is 7.37. The molecule has 3 saturated carbocycles. The monoisotopic (exact) mass is 387 g/mol. The van der Waals surface area contributed by atoms with Crippen LogP contribution in [0.2, 0.25) is 0 Å². The van der Waals surface area contributed by atoms with Crippen molar-refractivity contribution in [1.29, 1.82) is 0 Å². The van der Waals surface area contributed by atoms with Crippen LogP contribution in [0, 0.1) is 11.8 Å². The molecule has 8 nitrogen and oxygen atoms in total. The minimum atomic E-state index is -0.147. The highest BCUT2D eigenvalue weighted by Gasteiger charge is 2.46. The summed E-state index contributed by atoms with van der Waals surface area (Å²) in [4.78, 5) is 21.5. The SMILES string of the molecule is O=C(NC1CC2CCCC21)N1CC(N2CCOC(c3nc(C4CC4)no3)C2)C1. The molecule has 4 atom stereocenters. The maximum atomic E-state index is 12.5. The number of carbonyl (C=O) groups excluding carboxylic acids is 1. The van der Waals surface area contributed by atoms with Crippen LogP contribution in [0.4, 0.5) is 4.79 Å². The Morgan fingerprint density at radius 3 is 2.86 bits per heavy atom. The largest absolute Gasteiger partial charge is 0.366 e. The topological polar surface area (TPSA) is 83.7 Å². The van der Waals surface area contributed by atoms with Crippen molar-refractivity contribution in [3.63, 3.8) is 0 Å². The summed E-state index contributed by atoms with van der Waals surface area (Å²) in [6, 6.07) is 0.955. The first kappa shape index (κ1) is 17.2. The zero-order chi connectivity index (χ0) is 18.7. The van der Waals surface area contributed by atoms with Crippen LogP contribution in [0.1, 0.15) is 62.3 Å². The van der Waals surface area contributed by atoms with E-state index in [0.29, 0.717) is 30.5 Å².